The van der Waals surface area contributed by atoms with Crippen molar-refractivity contribution in [2.24, 2.45) is 0 Å². The zero-order chi connectivity index (χ0) is 20.6. The van der Waals surface area contributed by atoms with Crippen LogP contribution < -0.4 is 5.32 Å². The number of benzene rings is 1. The molecule has 0 aliphatic heterocycles. The summed E-state index contributed by atoms with van der Waals surface area (Å²) in [4.78, 5) is 29.3. The molecule has 0 saturated heterocycles. The van der Waals surface area contributed by atoms with E-state index in [0.717, 1.165) is 11.1 Å². The van der Waals surface area contributed by atoms with E-state index >= 15 is 0 Å². The van der Waals surface area contributed by atoms with E-state index in [9.17, 15) is 9.59 Å². The van der Waals surface area contributed by atoms with Crippen LogP contribution in [0.1, 0.15) is 5.56 Å². The van der Waals surface area contributed by atoms with E-state index in [1.807, 2.05) is 47.0 Å². The van der Waals surface area contributed by atoms with E-state index in [-0.39, 0.29) is 24.1 Å². The van der Waals surface area contributed by atoms with Crippen molar-refractivity contribution in [1.29, 1.82) is 0 Å². The Labute approximate surface area is 173 Å². The maximum absolute atomic E-state index is 12.1. The fourth-order valence-corrected chi connectivity index (χ4v) is 3.29. The summed E-state index contributed by atoms with van der Waals surface area (Å²) in [5.74, 6) is 0.435. The molecule has 150 valence electrons. The van der Waals surface area contributed by atoms with Gasteiger partial charge < -0.3 is 10.2 Å². The first-order valence-electron chi connectivity index (χ1n) is 9.02. The zero-order valence-corrected chi connectivity index (χ0v) is 17.1. The molecule has 3 aromatic rings. The van der Waals surface area contributed by atoms with Crippen LogP contribution in [0, 0.1) is 0 Å². The molecule has 1 N–H and O–H groups in total. The van der Waals surface area contributed by atoms with E-state index in [4.69, 9.17) is 0 Å². The average Bonchev–Trinajstić information content (AvgIpc) is 3.14. The molecule has 3 rings (SSSR count). The summed E-state index contributed by atoms with van der Waals surface area (Å²) in [7, 11) is 3.30. The largest absolute Gasteiger partial charge is 0.347 e. The number of carbonyl (C=O) groups is 2. The predicted molar refractivity (Wildman–Crippen MR) is 111 cm³/mol. The fourth-order valence-electron chi connectivity index (χ4n) is 2.53. The van der Waals surface area contributed by atoms with Crippen molar-refractivity contribution in [3.05, 3.63) is 60.4 Å². The van der Waals surface area contributed by atoms with Gasteiger partial charge in [-0.1, -0.05) is 42.1 Å². The number of hydrogen-bond donors (Lipinski definition) is 1. The van der Waals surface area contributed by atoms with Crippen molar-refractivity contribution >= 4 is 23.6 Å². The Morgan fingerprint density at radius 2 is 1.90 bits per heavy atom. The Balaban J connectivity index is 1.75. The van der Waals surface area contributed by atoms with Gasteiger partial charge in [-0.05, 0) is 17.7 Å². The van der Waals surface area contributed by atoms with Crippen molar-refractivity contribution in [2.75, 3.05) is 26.4 Å². The molecule has 0 radical (unpaired) electrons. The van der Waals surface area contributed by atoms with E-state index in [0.29, 0.717) is 17.5 Å². The third-order valence-corrected chi connectivity index (χ3v) is 5.05. The lowest BCUT2D eigenvalue weighted by molar-refractivity contribution is -0.130. The molecule has 1 aromatic carbocycles. The number of aromatic nitrogens is 4. The van der Waals surface area contributed by atoms with Crippen molar-refractivity contribution in [3.63, 3.8) is 0 Å². The Morgan fingerprint density at radius 1 is 1.10 bits per heavy atom. The topological polar surface area (TPSA) is 93.0 Å². The van der Waals surface area contributed by atoms with Crippen LogP contribution in [0.4, 0.5) is 0 Å². The van der Waals surface area contributed by atoms with Crippen LogP contribution in [0.15, 0.2) is 60.0 Å². The first-order valence-corrected chi connectivity index (χ1v) is 10.0. The molecule has 29 heavy (non-hydrogen) atoms. The molecule has 2 aromatic heterocycles. The Morgan fingerprint density at radius 3 is 2.59 bits per heavy atom. The number of nitrogens with zero attached hydrogens (tertiary/aromatic N) is 5. The lowest BCUT2D eigenvalue weighted by Gasteiger charge is -2.12. The van der Waals surface area contributed by atoms with E-state index in [1.54, 1.807) is 26.5 Å². The number of carbonyl (C=O) groups excluding carboxylic acids is 2. The highest BCUT2D eigenvalue weighted by Gasteiger charge is 2.16. The highest BCUT2D eigenvalue weighted by Crippen LogP contribution is 2.24. The second kappa shape index (κ2) is 9.83. The average molecular weight is 411 g/mol. The number of hydrogen-bond acceptors (Lipinski definition) is 6. The molecule has 0 aliphatic carbocycles. The van der Waals surface area contributed by atoms with Crippen LogP contribution >= 0.6 is 11.8 Å². The van der Waals surface area contributed by atoms with Gasteiger partial charge in [0.25, 0.3) is 0 Å². The number of amides is 2. The smallest absolute Gasteiger partial charge is 0.241 e. The van der Waals surface area contributed by atoms with Gasteiger partial charge in [-0.2, -0.15) is 0 Å². The van der Waals surface area contributed by atoms with Gasteiger partial charge in [-0.3, -0.25) is 19.1 Å². The monoisotopic (exact) mass is 410 g/mol. The van der Waals surface area contributed by atoms with Crippen LogP contribution in [0.3, 0.4) is 0 Å². The number of pyridine rings is 1. The summed E-state index contributed by atoms with van der Waals surface area (Å²) >= 11 is 1.28. The molecule has 2 amide bonds. The van der Waals surface area contributed by atoms with Crippen molar-refractivity contribution < 1.29 is 9.59 Å². The highest BCUT2D eigenvalue weighted by atomic mass is 32.2. The molecular weight excluding hydrogens is 388 g/mol. The summed E-state index contributed by atoms with van der Waals surface area (Å²) in [6.07, 6.45) is 3.44. The van der Waals surface area contributed by atoms with Gasteiger partial charge in [-0.25, -0.2) is 0 Å². The second-order valence-electron chi connectivity index (χ2n) is 6.47. The third-order valence-electron chi connectivity index (χ3n) is 4.09. The lowest BCUT2D eigenvalue weighted by Crippen LogP contribution is -2.37. The van der Waals surface area contributed by atoms with Gasteiger partial charge in [0.1, 0.15) is 0 Å². The fraction of sp³-hybridized carbons (Fsp3) is 0.250. The summed E-state index contributed by atoms with van der Waals surface area (Å²) in [6.45, 7) is 0.547. The second-order valence-corrected chi connectivity index (χ2v) is 7.42. The van der Waals surface area contributed by atoms with Crippen molar-refractivity contribution in [2.45, 2.75) is 11.7 Å². The molecule has 0 aliphatic rings. The molecule has 0 saturated carbocycles. The Hall–Kier alpha value is -3.20. The molecule has 8 nitrogen and oxygen atoms in total. The maximum atomic E-state index is 12.1. The molecule has 2 heterocycles. The van der Waals surface area contributed by atoms with E-state index in [2.05, 4.69) is 20.5 Å². The number of likely N-dealkylation sites (N-methyl/N-ethyl adjacent to an activating group) is 1. The minimum absolute atomic E-state index is 0.0238. The summed E-state index contributed by atoms with van der Waals surface area (Å²) in [5.41, 5.74) is 1.95. The van der Waals surface area contributed by atoms with Crippen LogP contribution in [0.25, 0.3) is 11.4 Å². The van der Waals surface area contributed by atoms with Crippen LogP contribution in [0.2, 0.25) is 0 Å². The molecule has 0 bridgehead atoms. The summed E-state index contributed by atoms with van der Waals surface area (Å²) in [5, 5.41) is 11.8. The van der Waals surface area contributed by atoms with Gasteiger partial charge >= 0.3 is 0 Å². The number of nitrogens with one attached hydrogen (secondary N) is 1. The number of rotatable bonds is 8. The highest BCUT2D eigenvalue weighted by molar-refractivity contribution is 7.99. The summed E-state index contributed by atoms with van der Waals surface area (Å²) in [6, 6.07) is 13.7. The van der Waals surface area contributed by atoms with E-state index in [1.165, 1.54) is 16.7 Å². The SMILES string of the molecule is CN(C)C(=O)CNC(=O)CSc1nnc(-c2cccnc2)n1Cc1ccccc1. The first-order chi connectivity index (χ1) is 14.0. The third kappa shape index (κ3) is 5.64. The lowest BCUT2D eigenvalue weighted by atomic mass is 10.2. The molecule has 9 heteroatoms. The molecule has 0 unspecified atom stereocenters. The van der Waals surface area contributed by atoms with Crippen LogP contribution in [-0.4, -0.2) is 62.9 Å². The van der Waals surface area contributed by atoms with Gasteiger partial charge in [0.05, 0.1) is 18.8 Å². The maximum Gasteiger partial charge on any atom is 0.241 e. The Bertz CT molecular complexity index is 960. The first kappa shape index (κ1) is 20.5. The molecule has 0 atom stereocenters. The van der Waals surface area contributed by atoms with Crippen molar-refractivity contribution in [3.8, 4) is 11.4 Å². The quantitative estimate of drug-likeness (QED) is 0.568. The summed E-state index contributed by atoms with van der Waals surface area (Å²) < 4.78 is 1.97. The van der Waals surface area contributed by atoms with Gasteiger partial charge in [0, 0.05) is 32.1 Å². The van der Waals surface area contributed by atoms with Gasteiger partial charge in [0.2, 0.25) is 11.8 Å². The zero-order valence-electron chi connectivity index (χ0n) is 16.3. The van der Waals surface area contributed by atoms with E-state index < -0.39 is 0 Å². The molecular formula is C20H22N6O2S. The van der Waals surface area contributed by atoms with Gasteiger partial charge in [-0.15, -0.1) is 10.2 Å². The minimum Gasteiger partial charge on any atom is -0.347 e. The van der Waals surface area contributed by atoms with Crippen LogP contribution in [-0.2, 0) is 16.1 Å². The van der Waals surface area contributed by atoms with Crippen molar-refractivity contribution in [1.82, 2.24) is 30.0 Å². The van der Waals surface area contributed by atoms with Gasteiger partial charge in [0.15, 0.2) is 11.0 Å². The Kier molecular flexibility index (Phi) is 6.96. The number of thioether (sulfide) groups is 1. The van der Waals surface area contributed by atoms with Crippen LogP contribution in [0.5, 0.6) is 0 Å². The minimum atomic E-state index is -0.234. The standard InChI is InChI=1S/C20H22N6O2S/c1-25(2)18(28)12-22-17(27)14-29-20-24-23-19(16-9-6-10-21-11-16)26(20)13-15-7-4-3-5-8-15/h3-11H,12-14H2,1-2H3,(H,22,27). The normalized spacial score (nSPS) is 10.6. The molecule has 0 fully saturated rings. The predicted octanol–water partition coefficient (Wildman–Crippen LogP) is 1.68. The molecule has 0 spiro atoms.